The molecule has 1 amide bonds. The molecule has 13 heteroatoms. The van der Waals surface area contributed by atoms with Crippen LogP contribution in [0.15, 0.2) is 87.7 Å². The minimum Gasteiger partial charge on any atom is -0.496 e. The Hall–Kier alpha value is -5.24. The smallest absolute Gasteiger partial charge is 0.255 e. The number of aliphatic hydroxyl groups excluding tert-OH is 1. The third kappa shape index (κ3) is 6.03. The number of hydrogen-bond donors (Lipinski definition) is 3. The Morgan fingerprint density at radius 1 is 1.02 bits per heavy atom. The molecule has 0 aliphatic heterocycles. The van der Waals surface area contributed by atoms with Crippen LogP contribution in [-0.4, -0.2) is 64.0 Å². The maximum Gasteiger partial charge on any atom is 0.255 e. The molecule has 2 heterocycles. The van der Waals surface area contributed by atoms with Crippen molar-refractivity contribution < 1.29 is 36.3 Å². The molecule has 0 aliphatic rings. The molecule has 0 radical (unpaired) electrons. The zero-order chi connectivity index (χ0) is 33.5. The lowest BCUT2D eigenvalue weighted by Crippen LogP contribution is -2.40. The van der Waals surface area contributed by atoms with E-state index in [1.807, 2.05) is 18.2 Å². The van der Waals surface area contributed by atoms with Gasteiger partial charge in [0.1, 0.15) is 28.4 Å². The summed E-state index contributed by atoms with van der Waals surface area (Å²) in [5.74, 6) is -0.0414. The van der Waals surface area contributed by atoms with Gasteiger partial charge in [0, 0.05) is 36.2 Å². The fourth-order valence-electron chi connectivity index (χ4n) is 5.43. The van der Waals surface area contributed by atoms with Gasteiger partial charge < -0.3 is 29.7 Å². The van der Waals surface area contributed by atoms with Gasteiger partial charge in [-0.25, -0.2) is 17.8 Å². The number of nitrogens with one attached hydrogen (secondary N) is 1. The third-order valence-corrected chi connectivity index (χ3v) is 8.87. The van der Waals surface area contributed by atoms with Gasteiger partial charge in [0.25, 0.3) is 5.91 Å². The van der Waals surface area contributed by atoms with Gasteiger partial charge in [-0.15, -0.1) is 0 Å². The maximum absolute atomic E-state index is 13.8. The molecule has 6 aromatic rings. The molecule has 1 atom stereocenters. The summed E-state index contributed by atoms with van der Waals surface area (Å²) in [6, 6.07) is 21.1. The van der Waals surface area contributed by atoms with E-state index in [9.17, 15) is 22.7 Å². The van der Waals surface area contributed by atoms with Crippen molar-refractivity contribution in [1.82, 2.24) is 10.3 Å². The highest BCUT2D eigenvalue weighted by Crippen LogP contribution is 2.44. The molecule has 11 nitrogen and oxygen atoms in total. The standard InChI is InChI=1S/C34H31FN4O7S/c1-37-33(41)31-24-15-23(20-10-13-28(44-2)25(14-20)34-38-26-6-4-5-7-29(26)46-34)27(39(47(3,42)43)18-22(40)17-36)16-30(24)45-32(31)19-8-11-21(35)12-9-19/h4-16,22,40H,17-18,36H2,1-3H3,(H,37,41). The van der Waals surface area contributed by atoms with Crippen LogP contribution in [0.2, 0.25) is 0 Å². The van der Waals surface area contributed by atoms with Crippen molar-refractivity contribution in [2.24, 2.45) is 5.73 Å². The maximum atomic E-state index is 13.8. The summed E-state index contributed by atoms with van der Waals surface area (Å²) in [4.78, 5) is 18.0. The molecule has 4 aromatic carbocycles. The van der Waals surface area contributed by atoms with Gasteiger partial charge in [0.15, 0.2) is 5.58 Å². The quantitative estimate of drug-likeness (QED) is 0.180. The third-order valence-electron chi connectivity index (χ3n) is 7.72. The number of aromatic nitrogens is 1. The second kappa shape index (κ2) is 12.5. The summed E-state index contributed by atoms with van der Waals surface area (Å²) in [7, 11) is -1.01. The fraction of sp³-hybridized carbons (Fsp3) is 0.176. The van der Waals surface area contributed by atoms with Crippen LogP contribution in [0.5, 0.6) is 5.75 Å². The highest BCUT2D eigenvalue weighted by atomic mass is 32.2. The molecule has 2 aromatic heterocycles. The topological polar surface area (TPSA) is 161 Å². The molecule has 0 saturated heterocycles. The van der Waals surface area contributed by atoms with E-state index in [0.29, 0.717) is 44.5 Å². The van der Waals surface area contributed by atoms with Crippen LogP contribution in [0.4, 0.5) is 10.1 Å². The van der Waals surface area contributed by atoms with Gasteiger partial charge in [-0.05, 0) is 60.2 Å². The number of methoxy groups -OCH3 is 1. The van der Waals surface area contributed by atoms with Gasteiger partial charge in [0.05, 0.1) is 42.8 Å². The molecule has 0 aliphatic carbocycles. The highest BCUT2D eigenvalue weighted by molar-refractivity contribution is 7.92. The van der Waals surface area contributed by atoms with Crippen LogP contribution in [-0.2, 0) is 10.0 Å². The Morgan fingerprint density at radius 2 is 1.74 bits per heavy atom. The van der Waals surface area contributed by atoms with E-state index in [0.717, 1.165) is 10.6 Å². The number of hydrogen-bond acceptors (Lipinski definition) is 9. The van der Waals surface area contributed by atoms with Crippen molar-refractivity contribution >= 4 is 43.7 Å². The lowest BCUT2D eigenvalue weighted by Gasteiger charge is -2.27. The van der Waals surface area contributed by atoms with E-state index >= 15 is 0 Å². The number of amides is 1. The Balaban J connectivity index is 1.66. The molecular formula is C34H31FN4O7S. The number of nitrogens with two attached hydrogens (primary N) is 1. The average Bonchev–Trinajstić information content (AvgIpc) is 3.67. The number of oxazole rings is 1. The zero-order valence-electron chi connectivity index (χ0n) is 25.7. The number of para-hydroxylation sites is 2. The summed E-state index contributed by atoms with van der Waals surface area (Å²) in [5, 5.41) is 13.5. The summed E-state index contributed by atoms with van der Waals surface area (Å²) in [5.41, 5.74) is 9.22. The minimum absolute atomic E-state index is 0.157. The van der Waals surface area contributed by atoms with Crippen LogP contribution in [0.1, 0.15) is 10.4 Å². The monoisotopic (exact) mass is 658 g/mol. The van der Waals surface area contributed by atoms with E-state index in [4.69, 9.17) is 19.3 Å². The Labute approximate surface area is 269 Å². The first-order valence-corrected chi connectivity index (χ1v) is 16.4. The minimum atomic E-state index is -4.00. The number of rotatable bonds is 10. The number of ether oxygens (including phenoxy) is 1. The Kier molecular flexibility index (Phi) is 8.45. The van der Waals surface area contributed by atoms with E-state index < -0.39 is 27.9 Å². The number of anilines is 1. The average molecular weight is 659 g/mol. The van der Waals surface area contributed by atoms with Crippen LogP contribution in [0, 0.1) is 5.82 Å². The molecule has 0 fully saturated rings. The lowest BCUT2D eigenvalue weighted by molar-refractivity contribution is 0.0964. The largest absolute Gasteiger partial charge is 0.496 e. The van der Waals surface area contributed by atoms with Gasteiger partial charge >= 0.3 is 0 Å². The first-order valence-electron chi connectivity index (χ1n) is 14.5. The van der Waals surface area contributed by atoms with Crippen molar-refractivity contribution in [3.63, 3.8) is 0 Å². The van der Waals surface area contributed by atoms with Crippen molar-refractivity contribution in [2.75, 3.05) is 37.8 Å². The van der Waals surface area contributed by atoms with E-state index in [2.05, 4.69) is 10.3 Å². The number of carbonyl (C=O) groups is 1. The number of carbonyl (C=O) groups excluding carboxylic acids is 1. The zero-order valence-corrected chi connectivity index (χ0v) is 26.5. The van der Waals surface area contributed by atoms with Crippen LogP contribution < -0.4 is 20.1 Å². The number of nitrogens with zero attached hydrogens (tertiary/aromatic N) is 2. The molecule has 0 saturated carbocycles. The number of benzene rings is 4. The lowest BCUT2D eigenvalue weighted by atomic mass is 9.96. The summed E-state index contributed by atoms with van der Waals surface area (Å²) >= 11 is 0. The number of sulfonamides is 1. The summed E-state index contributed by atoms with van der Waals surface area (Å²) < 4.78 is 59.3. The normalized spacial score (nSPS) is 12.4. The second-order valence-corrected chi connectivity index (χ2v) is 12.7. The predicted octanol–water partition coefficient (Wildman–Crippen LogP) is 5.17. The molecule has 0 bridgehead atoms. The summed E-state index contributed by atoms with van der Waals surface area (Å²) in [6.45, 7) is -0.542. The number of halogens is 1. The SMILES string of the molecule is CNC(=O)c1c(-c2ccc(F)cc2)oc2cc(N(CC(O)CN)S(C)(=O)=O)c(-c3ccc(OC)c(-c4nc5ccccc5o4)c3)cc12. The molecule has 242 valence electrons. The second-order valence-electron chi connectivity index (χ2n) is 10.8. The number of furan rings is 1. The first kappa shape index (κ1) is 31.7. The number of aliphatic hydroxyl groups is 1. The predicted molar refractivity (Wildman–Crippen MR) is 177 cm³/mol. The fourth-order valence-corrected chi connectivity index (χ4v) is 6.38. The molecule has 4 N–H and O–H groups in total. The van der Waals surface area contributed by atoms with Gasteiger partial charge in [0.2, 0.25) is 15.9 Å². The van der Waals surface area contributed by atoms with Crippen LogP contribution >= 0.6 is 0 Å². The Morgan fingerprint density at radius 3 is 2.40 bits per heavy atom. The summed E-state index contributed by atoms with van der Waals surface area (Å²) in [6.07, 6.45) is -0.170. The number of fused-ring (bicyclic) bond motifs is 2. The van der Waals surface area contributed by atoms with E-state index in [-0.39, 0.29) is 41.6 Å². The molecule has 6 rings (SSSR count). The first-order chi connectivity index (χ1) is 22.5. The van der Waals surface area contributed by atoms with Crippen LogP contribution in [0.3, 0.4) is 0 Å². The molecule has 1 unspecified atom stereocenters. The van der Waals surface area contributed by atoms with Gasteiger partial charge in [-0.2, -0.15) is 0 Å². The van der Waals surface area contributed by atoms with Crippen molar-refractivity contribution in [1.29, 1.82) is 0 Å². The highest BCUT2D eigenvalue weighted by Gasteiger charge is 2.29. The van der Waals surface area contributed by atoms with Crippen molar-refractivity contribution in [3.05, 3.63) is 90.2 Å². The van der Waals surface area contributed by atoms with E-state index in [1.54, 1.807) is 30.3 Å². The molecular weight excluding hydrogens is 627 g/mol. The van der Waals surface area contributed by atoms with Crippen molar-refractivity contribution in [2.45, 2.75) is 6.10 Å². The van der Waals surface area contributed by atoms with Crippen molar-refractivity contribution in [3.8, 4) is 39.7 Å². The van der Waals surface area contributed by atoms with Gasteiger partial charge in [-0.1, -0.05) is 18.2 Å². The van der Waals surface area contributed by atoms with Gasteiger partial charge in [-0.3, -0.25) is 9.10 Å². The Bertz CT molecular complexity index is 2200. The van der Waals surface area contributed by atoms with E-state index in [1.165, 1.54) is 44.5 Å². The molecule has 0 spiro atoms. The molecule has 47 heavy (non-hydrogen) atoms. The van der Waals surface area contributed by atoms with Crippen LogP contribution in [0.25, 0.3) is 56.0 Å².